The van der Waals surface area contributed by atoms with E-state index in [-0.39, 0.29) is 13.0 Å². The molecular formula is C13H14ClN3O3. The number of primary amides is 1. The minimum atomic E-state index is -1.15. The fraction of sp³-hybridized carbons (Fsp3) is 0.308. The van der Waals surface area contributed by atoms with Crippen LogP contribution in [0.1, 0.15) is 18.9 Å². The summed E-state index contributed by atoms with van der Waals surface area (Å²) in [5.41, 5.74) is 4.51. The lowest BCUT2D eigenvalue weighted by Crippen LogP contribution is -2.41. The Balaban J connectivity index is 2.25. The van der Waals surface area contributed by atoms with Crippen LogP contribution in [0.2, 0.25) is 5.02 Å². The van der Waals surface area contributed by atoms with Crippen LogP contribution < -0.4 is 11.1 Å². The number of amides is 4. The van der Waals surface area contributed by atoms with E-state index in [1.54, 1.807) is 31.2 Å². The predicted octanol–water partition coefficient (Wildman–Crippen LogP) is 0.982. The van der Waals surface area contributed by atoms with Crippen molar-refractivity contribution in [3.05, 3.63) is 34.9 Å². The van der Waals surface area contributed by atoms with Crippen LogP contribution in [0, 0.1) is 0 Å². The van der Waals surface area contributed by atoms with E-state index in [4.69, 9.17) is 17.3 Å². The molecule has 0 unspecified atom stereocenters. The maximum Gasteiger partial charge on any atom is 0.325 e. The molecule has 0 radical (unpaired) electrons. The summed E-state index contributed by atoms with van der Waals surface area (Å²) >= 11 is 5.81. The Morgan fingerprint density at radius 2 is 1.95 bits per heavy atom. The molecular weight excluding hydrogens is 282 g/mol. The molecule has 1 atom stereocenters. The molecule has 1 aliphatic heterocycles. The second-order valence-electron chi connectivity index (χ2n) is 4.74. The van der Waals surface area contributed by atoms with E-state index >= 15 is 0 Å². The minimum Gasteiger partial charge on any atom is -0.370 e. The number of nitrogens with zero attached hydrogens (tertiary/aromatic N) is 1. The number of halogens is 1. The molecule has 7 heteroatoms. The maximum absolute atomic E-state index is 12.4. The lowest BCUT2D eigenvalue weighted by molar-refractivity contribution is -0.131. The monoisotopic (exact) mass is 295 g/mol. The first-order chi connectivity index (χ1) is 9.34. The Morgan fingerprint density at radius 1 is 1.35 bits per heavy atom. The molecule has 1 aliphatic rings. The molecule has 106 valence electrons. The fourth-order valence-corrected chi connectivity index (χ4v) is 2.23. The summed E-state index contributed by atoms with van der Waals surface area (Å²) in [7, 11) is 0. The molecule has 6 nitrogen and oxygen atoms in total. The molecule has 0 aliphatic carbocycles. The summed E-state index contributed by atoms with van der Waals surface area (Å²) in [6, 6.07) is 6.12. The molecule has 1 aromatic carbocycles. The molecule has 4 amide bonds. The molecule has 0 saturated carbocycles. The third-order valence-corrected chi connectivity index (χ3v) is 3.53. The molecule has 0 bridgehead atoms. The highest BCUT2D eigenvalue weighted by Gasteiger charge is 2.48. The summed E-state index contributed by atoms with van der Waals surface area (Å²) in [4.78, 5) is 36.0. The van der Waals surface area contributed by atoms with Gasteiger partial charge in [0.15, 0.2) is 0 Å². The van der Waals surface area contributed by atoms with Gasteiger partial charge < -0.3 is 11.1 Å². The van der Waals surface area contributed by atoms with Crippen LogP contribution in [-0.2, 0) is 15.1 Å². The summed E-state index contributed by atoms with van der Waals surface area (Å²) in [5, 5.41) is 3.17. The number of hydrogen-bond donors (Lipinski definition) is 2. The van der Waals surface area contributed by atoms with Gasteiger partial charge in [0.2, 0.25) is 5.91 Å². The summed E-state index contributed by atoms with van der Waals surface area (Å²) in [6.45, 7) is 1.59. The Morgan fingerprint density at radius 3 is 2.50 bits per heavy atom. The van der Waals surface area contributed by atoms with Crippen LogP contribution in [0.3, 0.4) is 0 Å². The van der Waals surface area contributed by atoms with Crippen LogP contribution in [-0.4, -0.2) is 29.3 Å². The maximum atomic E-state index is 12.4. The zero-order chi connectivity index (χ0) is 14.9. The molecule has 1 saturated heterocycles. The summed E-state index contributed by atoms with van der Waals surface area (Å²) in [6.07, 6.45) is -0.0597. The van der Waals surface area contributed by atoms with Crippen molar-refractivity contribution in [2.45, 2.75) is 18.9 Å². The molecule has 3 N–H and O–H groups in total. The summed E-state index contributed by atoms with van der Waals surface area (Å²) in [5.74, 6) is -0.975. The Bertz CT molecular complexity index is 573. The first-order valence-corrected chi connectivity index (χ1v) is 6.41. The van der Waals surface area contributed by atoms with Gasteiger partial charge in [0.05, 0.1) is 0 Å². The van der Waals surface area contributed by atoms with Crippen LogP contribution in [0.5, 0.6) is 0 Å². The summed E-state index contributed by atoms with van der Waals surface area (Å²) < 4.78 is 0. The van der Waals surface area contributed by atoms with Gasteiger partial charge in [0.1, 0.15) is 5.54 Å². The second kappa shape index (κ2) is 5.13. The van der Waals surface area contributed by atoms with Gasteiger partial charge in [0.25, 0.3) is 5.91 Å². The van der Waals surface area contributed by atoms with Crippen molar-refractivity contribution >= 4 is 29.4 Å². The highest BCUT2D eigenvalue weighted by molar-refractivity contribution is 6.30. The lowest BCUT2D eigenvalue weighted by atomic mass is 9.92. The smallest absolute Gasteiger partial charge is 0.325 e. The molecule has 1 fully saturated rings. The SMILES string of the molecule is C[C@@]1(c2ccc(Cl)cc2)NC(=O)N(CCC(N)=O)C1=O. The molecule has 2 rings (SSSR count). The normalized spacial score (nSPS) is 22.0. The van der Waals surface area contributed by atoms with E-state index in [2.05, 4.69) is 5.32 Å². The number of hydrogen-bond acceptors (Lipinski definition) is 3. The Hall–Kier alpha value is -2.08. The van der Waals surface area contributed by atoms with Gasteiger partial charge in [-0.3, -0.25) is 14.5 Å². The zero-order valence-electron chi connectivity index (χ0n) is 10.9. The van der Waals surface area contributed by atoms with Gasteiger partial charge in [0, 0.05) is 18.0 Å². The number of carbonyl (C=O) groups is 3. The van der Waals surface area contributed by atoms with Crippen molar-refractivity contribution in [3.8, 4) is 0 Å². The lowest BCUT2D eigenvalue weighted by Gasteiger charge is -2.22. The number of benzene rings is 1. The Labute approximate surface area is 120 Å². The first kappa shape index (κ1) is 14.3. The van der Waals surface area contributed by atoms with E-state index in [1.807, 2.05) is 0 Å². The van der Waals surface area contributed by atoms with Gasteiger partial charge in [-0.25, -0.2) is 4.79 Å². The van der Waals surface area contributed by atoms with Crippen molar-refractivity contribution in [2.75, 3.05) is 6.54 Å². The first-order valence-electron chi connectivity index (χ1n) is 6.03. The number of nitrogens with two attached hydrogens (primary N) is 1. The third-order valence-electron chi connectivity index (χ3n) is 3.28. The van der Waals surface area contributed by atoms with Crippen LogP contribution >= 0.6 is 11.6 Å². The number of nitrogens with one attached hydrogen (secondary N) is 1. The van der Waals surface area contributed by atoms with Gasteiger partial charge in [-0.2, -0.15) is 0 Å². The van der Waals surface area contributed by atoms with Crippen molar-refractivity contribution < 1.29 is 14.4 Å². The van der Waals surface area contributed by atoms with Crippen molar-refractivity contribution in [2.24, 2.45) is 5.73 Å². The van der Waals surface area contributed by atoms with Crippen LogP contribution in [0.4, 0.5) is 4.79 Å². The molecule has 0 spiro atoms. The van der Waals surface area contributed by atoms with E-state index in [0.29, 0.717) is 10.6 Å². The van der Waals surface area contributed by atoms with E-state index < -0.39 is 23.4 Å². The highest BCUT2D eigenvalue weighted by atomic mass is 35.5. The van der Waals surface area contributed by atoms with E-state index in [0.717, 1.165) is 4.90 Å². The zero-order valence-corrected chi connectivity index (χ0v) is 11.6. The van der Waals surface area contributed by atoms with E-state index in [1.165, 1.54) is 0 Å². The van der Waals surface area contributed by atoms with Crippen LogP contribution in [0.25, 0.3) is 0 Å². The fourth-order valence-electron chi connectivity index (χ4n) is 2.10. The van der Waals surface area contributed by atoms with Gasteiger partial charge in [-0.1, -0.05) is 23.7 Å². The van der Waals surface area contributed by atoms with Crippen molar-refractivity contribution in [1.82, 2.24) is 10.2 Å². The molecule has 20 heavy (non-hydrogen) atoms. The predicted molar refractivity (Wildman–Crippen MR) is 72.9 cm³/mol. The van der Waals surface area contributed by atoms with E-state index in [9.17, 15) is 14.4 Å². The quantitative estimate of drug-likeness (QED) is 0.811. The van der Waals surface area contributed by atoms with Gasteiger partial charge >= 0.3 is 6.03 Å². The molecule has 0 aromatic heterocycles. The average molecular weight is 296 g/mol. The number of rotatable bonds is 4. The number of carbonyl (C=O) groups excluding carboxylic acids is 3. The standard InChI is InChI=1S/C13H14ClN3O3/c1-13(8-2-4-9(14)5-3-8)11(19)17(12(20)16-13)7-6-10(15)18/h2-5H,6-7H2,1H3,(H2,15,18)(H,16,20)/t13-/m0/s1. The average Bonchev–Trinajstić information content (AvgIpc) is 2.59. The second-order valence-corrected chi connectivity index (χ2v) is 5.17. The molecule has 1 heterocycles. The minimum absolute atomic E-state index is 0.0246. The Kier molecular flexibility index (Phi) is 3.67. The topological polar surface area (TPSA) is 92.5 Å². The van der Waals surface area contributed by atoms with Crippen molar-refractivity contribution in [1.29, 1.82) is 0 Å². The number of urea groups is 1. The van der Waals surface area contributed by atoms with Crippen molar-refractivity contribution in [3.63, 3.8) is 0 Å². The third kappa shape index (κ3) is 2.46. The van der Waals surface area contributed by atoms with Gasteiger partial charge in [-0.15, -0.1) is 0 Å². The largest absolute Gasteiger partial charge is 0.370 e. The van der Waals surface area contributed by atoms with Gasteiger partial charge in [-0.05, 0) is 24.6 Å². The molecule has 1 aromatic rings. The highest BCUT2D eigenvalue weighted by Crippen LogP contribution is 2.29. The number of imide groups is 1. The van der Waals surface area contributed by atoms with Crippen LogP contribution in [0.15, 0.2) is 24.3 Å².